The molecule has 0 aliphatic rings. The van der Waals surface area contributed by atoms with Crippen LogP contribution in [-0.4, -0.2) is 19.9 Å². The maximum Gasteiger partial charge on any atom is 2.00 e. The molecule has 0 saturated heterocycles. The fraction of sp³-hybridized carbons (Fsp3) is 0. The predicted molar refractivity (Wildman–Crippen MR) is 185 cm³/mol. The van der Waals surface area contributed by atoms with Crippen molar-refractivity contribution < 1.29 is 42.1 Å². The van der Waals surface area contributed by atoms with E-state index < -0.39 is 0 Å². The van der Waals surface area contributed by atoms with E-state index >= 15 is 0 Å². The second-order valence-corrected chi connectivity index (χ2v) is 9.97. The number of hydrogen-bond acceptors (Lipinski definition) is 4. The van der Waals surface area contributed by atoms with Crippen LogP contribution in [0.3, 0.4) is 0 Å². The number of rotatable bonds is 4. The molecule has 4 heterocycles. The van der Waals surface area contributed by atoms with E-state index in [1.807, 2.05) is 146 Å². The van der Waals surface area contributed by atoms with Gasteiger partial charge in [-0.2, -0.15) is 6.07 Å². The third-order valence-electron chi connectivity index (χ3n) is 6.81. The molecule has 0 aliphatic carbocycles. The number of aromatic nitrogens is 4. The first-order valence-electron chi connectivity index (χ1n) is 14.8. The van der Waals surface area contributed by atoms with Gasteiger partial charge in [0.05, 0.1) is 22.8 Å². The van der Waals surface area contributed by atoms with E-state index in [0.29, 0.717) is 0 Å². The van der Waals surface area contributed by atoms with Gasteiger partial charge in [0.15, 0.2) is 0 Å². The van der Waals surface area contributed by atoms with Gasteiger partial charge < -0.3 is 0 Å². The Hall–Kier alpha value is -4.88. The Bertz CT molecular complexity index is 1800. The molecule has 8 aromatic rings. The molecule has 0 fully saturated rings. The Labute approximate surface area is 310 Å². The van der Waals surface area contributed by atoms with Gasteiger partial charge in [-0.25, -0.2) is 23.6 Å². The van der Waals surface area contributed by atoms with Crippen molar-refractivity contribution in [2.45, 2.75) is 0 Å². The fourth-order valence-electron chi connectivity index (χ4n) is 4.59. The molecular weight excluding hydrogens is 951 g/mol. The summed E-state index contributed by atoms with van der Waals surface area (Å²) in [5, 5.41) is 2.26. The van der Waals surface area contributed by atoms with Crippen LogP contribution in [0.2, 0.25) is 0 Å². The third-order valence-corrected chi connectivity index (χ3v) is 6.81. The first-order chi connectivity index (χ1) is 22.8. The minimum atomic E-state index is 0. The molecule has 0 atom stereocenters. The first kappa shape index (κ1) is 36.0. The van der Waals surface area contributed by atoms with Crippen LogP contribution in [0.1, 0.15) is 0 Å². The number of nitrogens with zero attached hydrogens (tertiary/aromatic N) is 4. The van der Waals surface area contributed by atoms with Crippen LogP contribution in [0.4, 0.5) is 0 Å². The Morgan fingerprint density at radius 2 is 0.750 bits per heavy atom. The van der Waals surface area contributed by atoms with E-state index in [-0.39, 0.29) is 42.1 Å². The predicted octanol–water partition coefficient (Wildman–Crippen LogP) is 9.66. The summed E-state index contributed by atoms with van der Waals surface area (Å²) in [5.41, 5.74) is 7.35. The average molecular weight is 979 g/mol. The summed E-state index contributed by atoms with van der Waals surface area (Å²) < 4.78 is 0. The van der Waals surface area contributed by atoms with Gasteiger partial charge in [-0.3, -0.25) is 37.5 Å². The molecule has 0 bridgehead atoms. The number of hydrogen-bond donors (Lipinski definition) is 0. The normalized spacial score (nSPS) is 9.75. The van der Waals surface area contributed by atoms with Gasteiger partial charge in [-0.05, 0) is 47.8 Å². The molecule has 4 aromatic heterocycles. The summed E-state index contributed by atoms with van der Waals surface area (Å²) in [7, 11) is 0. The van der Waals surface area contributed by atoms with E-state index in [1.54, 1.807) is 12.4 Å². The largest absolute Gasteiger partial charge is 2.00 e. The van der Waals surface area contributed by atoms with Crippen LogP contribution in [0, 0.1) is 24.3 Å². The SMILES string of the molecule is [Pt+2].[Pt+2].[c-]1cccc2ccc[c-]c12.[c-]1ccccc1-c1cccc(-c2ccccn2)n1.[c-]1ccccc1-c1cccc(-c2ccccn2)n1. The van der Waals surface area contributed by atoms with Crippen LogP contribution in [-0.2, 0) is 42.1 Å². The smallest absolute Gasteiger partial charge is 0.295 e. The maximum absolute atomic E-state index is 4.62. The second kappa shape index (κ2) is 19.1. The Kier molecular flexibility index (Phi) is 14.3. The van der Waals surface area contributed by atoms with Gasteiger partial charge in [-0.1, -0.05) is 42.5 Å². The fourth-order valence-corrected chi connectivity index (χ4v) is 4.59. The summed E-state index contributed by atoms with van der Waals surface area (Å²) in [5.74, 6) is 0. The van der Waals surface area contributed by atoms with Gasteiger partial charge in [0, 0.05) is 12.4 Å². The summed E-state index contributed by atoms with van der Waals surface area (Å²) >= 11 is 0. The molecule has 8 rings (SSSR count). The zero-order valence-corrected chi connectivity index (χ0v) is 30.1. The summed E-state index contributed by atoms with van der Waals surface area (Å²) in [6, 6.07) is 63.6. The summed E-state index contributed by atoms with van der Waals surface area (Å²) in [4.78, 5) is 17.9. The molecule has 0 unspecified atom stereocenters. The number of pyridine rings is 4. The molecule has 48 heavy (non-hydrogen) atoms. The van der Waals surface area contributed by atoms with E-state index in [1.165, 1.54) is 5.39 Å². The summed E-state index contributed by atoms with van der Waals surface area (Å²) in [6.45, 7) is 0. The molecule has 6 heteroatoms. The molecule has 236 valence electrons. The second-order valence-electron chi connectivity index (χ2n) is 9.97. The number of benzene rings is 4. The van der Waals surface area contributed by atoms with Gasteiger partial charge in [0.2, 0.25) is 0 Å². The molecule has 0 amide bonds. The van der Waals surface area contributed by atoms with Crippen molar-refractivity contribution in [2.75, 3.05) is 0 Å². The van der Waals surface area contributed by atoms with E-state index in [9.17, 15) is 0 Å². The van der Waals surface area contributed by atoms with Crippen LogP contribution < -0.4 is 0 Å². The van der Waals surface area contributed by atoms with Crippen LogP contribution in [0.5, 0.6) is 0 Å². The van der Waals surface area contributed by atoms with E-state index in [0.717, 1.165) is 50.7 Å². The van der Waals surface area contributed by atoms with Crippen molar-refractivity contribution >= 4 is 10.8 Å². The van der Waals surface area contributed by atoms with Crippen molar-refractivity contribution in [3.8, 4) is 45.3 Å². The molecule has 0 N–H and O–H groups in total. The van der Waals surface area contributed by atoms with Crippen LogP contribution in [0.25, 0.3) is 56.1 Å². The van der Waals surface area contributed by atoms with E-state index in [2.05, 4.69) is 56.3 Å². The van der Waals surface area contributed by atoms with Crippen molar-refractivity contribution in [1.82, 2.24) is 19.9 Å². The zero-order valence-electron chi connectivity index (χ0n) is 25.6. The van der Waals surface area contributed by atoms with Crippen LogP contribution >= 0.6 is 0 Å². The maximum atomic E-state index is 4.62. The molecule has 4 nitrogen and oxygen atoms in total. The Morgan fingerprint density at radius 3 is 1.15 bits per heavy atom. The van der Waals surface area contributed by atoms with Gasteiger partial charge in [0.25, 0.3) is 0 Å². The van der Waals surface area contributed by atoms with Gasteiger partial charge in [-0.15, -0.1) is 77.9 Å². The Balaban J connectivity index is 0.000000166. The van der Waals surface area contributed by atoms with Crippen LogP contribution in [0.15, 0.2) is 170 Å². The van der Waals surface area contributed by atoms with Crippen molar-refractivity contribution in [2.24, 2.45) is 0 Å². The average Bonchev–Trinajstić information content (AvgIpc) is 3.17. The third kappa shape index (κ3) is 10.1. The molecule has 4 aromatic carbocycles. The standard InChI is InChI=1S/2C16H11N2.C10H6.2Pt/c2*1-2-7-13(8-3-1)14-10-6-11-16(18-14)15-9-4-5-12-17-15;1-2-6-10-8-4-3-7-9(10)5-1;;/h2*1-7,9-12H;1-5,7H;;/q2*-1;-2;2*+2. The van der Waals surface area contributed by atoms with Crippen molar-refractivity contribution in [3.05, 3.63) is 194 Å². The molecule has 0 aliphatic heterocycles. The molecule has 0 saturated carbocycles. The van der Waals surface area contributed by atoms with Crippen molar-refractivity contribution in [3.63, 3.8) is 0 Å². The Morgan fingerprint density at radius 1 is 0.333 bits per heavy atom. The molecule has 0 radical (unpaired) electrons. The monoisotopic (exact) mass is 978 g/mol. The minimum absolute atomic E-state index is 0. The van der Waals surface area contributed by atoms with E-state index in [4.69, 9.17) is 0 Å². The quantitative estimate of drug-likeness (QED) is 0.165. The minimum Gasteiger partial charge on any atom is -0.295 e. The zero-order chi connectivity index (χ0) is 31.2. The molecular formula is C42H28N4Pt2. The first-order valence-corrected chi connectivity index (χ1v) is 14.8. The topological polar surface area (TPSA) is 51.6 Å². The van der Waals surface area contributed by atoms with Crippen molar-refractivity contribution in [1.29, 1.82) is 0 Å². The molecule has 0 spiro atoms. The van der Waals surface area contributed by atoms with Gasteiger partial charge >= 0.3 is 42.1 Å². The van der Waals surface area contributed by atoms with Gasteiger partial charge in [0.1, 0.15) is 0 Å². The summed E-state index contributed by atoms with van der Waals surface area (Å²) in [6.07, 6.45) is 3.55. The number of fused-ring (bicyclic) bond motifs is 1.